The molecule has 14 nitrogen and oxygen atoms in total. The summed E-state index contributed by atoms with van der Waals surface area (Å²) in [7, 11) is 0. The van der Waals surface area contributed by atoms with Gasteiger partial charge in [0.2, 0.25) is 17.7 Å². The van der Waals surface area contributed by atoms with Crippen molar-refractivity contribution in [1.29, 1.82) is 0 Å². The van der Waals surface area contributed by atoms with Crippen LogP contribution in [-0.2, 0) is 33.4 Å². The summed E-state index contributed by atoms with van der Waals surface area (Å²) in [5.41, 5.74) is 0. The number of carboxylic acid groups (broad SMARTS) is 1. The van der Waals surface area contributed by atoms with Crippen LogP contribution in [0.1, 0.15) is 46.8 Å². The van der Waals surface area contributed by atoms with Crippen LogP contribution in [0.5, 0.6) is 0 Å². The molecule has 2 heterocycles. The van der Waals surface area contributed by atoms with Gasteiger partial charge in [-0.05, 0) is 12.8 Å². The Bertz CT molecular complexity index is 894. The highest BCUT2D eigenvalue weighted by molar-refractivity contribution is 6.01. The average molecular weight is 524 g/mol. The van der Waals surface area contributed by atoms with Crippen LogP contribution in [0.4, 0.5) is 4.39 Å². The fraction of sp³-hybridized carbons (Fsp3) is 0.762. The third-order valence-corrected chi connectivity index (χ3v) is 5.81. The number of aliphatic hydroxyl groups excluding tert-OH is 3. The first-order chi connectivity index (χ1) is 17.2. The van der Waals surface area contributed by atoms with Crippen LogP contribution in [0, 0.1) is 0 Å². The Morgan fingerprint density at radius 3 is 2.50 bits per heavy atom. The minimum Gasteiger partial charge on any atom is -0.477 e. The number of amides is 3. The van der Waals surface area contributed by atoms with Crippen LogP contribution < -0.4 is 5.32 Å². The van der Waals surface area contributed by atoms with Gasteiger partial charge in [0, 0.05) is 34.1 Å². The van der Waals surface area contributed by atoms with Gasteiger partial charge in [-0.25, -0.2) is 9.18 Å². The number of alkyl halides is 1. The number of carbonyl (C=O) groups is 5. The SMILES string of the molecule is [3H]C1CC(=O)N(CCCCCC(=O)OC[C@@H](O)[C@@H](O)[C@@H]2OC(O)(C(=O)O)C(F)[C@H](O)[C@H]2NC(C)=O)C1=O. The normalized spacial score (nSPS) is 32.6. The standard InChI is InChI=1S/C21H31FN2O12/c1-10(25)23-15-17(31)19(22)21(34,20(32)33)36-18(15)16(30)11(26)9-35-14(29)5-3-2-4-8-24-12(27)6-7-13(24)28/h11,15-19,26,30-31,34H,2-9H2,1H3,(H,23,25)(H,32,33)/t11-,15-,16-,17-,18-,19?,21?/m1/s1/i6T/t6?,11-,15-,16-,17-,18-,19?,21?. The molecule has 0 bridgehead atoms. The van der Waals surface area contributed by atoms with Crippen LogP contribution in [0.3, 0.4) is 0 Å². The summed E-state index contributed by atoms with van der Waals surface area (Å²) in [5, 5.41) is 52.0. The average Bonchev–Trinajstić information content (AvgIpc) is 3.07. The summed E-state index contributed by atoms with van der Waals surface area (Å²) < 4.78 is 31.4. The van der Waals surface area contributed by atoms with Gasteiger partial charge in [0.1, 0.15) is 31.0 Å². The van der Waals surface area contributed by atoms with Gasteiger partial charge in [-0.1, -0.05) is 6.42 Å². The highest BCUT2D eigenvalue weighted by atomic mass is 19.1. The summed E-state index contributed by atoms with van der Waals surface area (Å²) in [6.45, 7) is 0.277. The van der Waals surface area contributed by atoms with Gasteiger partial charge in [0.15, 0.2) is 6.17 Å². The molecule has 0 radical (unpaired) electrons. The highest BCUT2D eigenvalue weighted by Crippen LogP contribution is 2.33. The second-order valence-corrected chi connectivity index (χ2v) is 8.55. The number of halogens is 1. The van der Waals surface area contributed by atoms with Crippen LogP contribution >= 0.6 is 0 Å². The lowest BCUT2D eigenvalue weighted by Gasteiger charge is -2.46. The summed E-state index contributed by atoms with van der Waals surface area (Å²) in [4.78, 5) is 59.0. The van der Waals surface area contributed by atoms with E-state index in [1.54, 1.807) is 0 Å². The number of likely N-dealkylation sites (tertiary alicyclic amines) is 1. The minimum atomic E-state index is -3.59. The van der Waals surface area contributed by atoms with E-state index >= 15 is 0 Å². The van der Waals surface area contributed by atoms with E-state index in [9.17, 15) is 48.8 Å². The van der Waals surface area contributed by atoms with Crippen molar-refractivity contribution in [3.63, 3.8) is 0 Å². The van der Waals surface area contributed by atoms with Gasteiger partial charge < -0.3 is 40.3 Å². The molecular weight excluding hydrogens is 491 g/mol. The largest absolute Gasteiger partial charge is 0.477 e. The van der Waals surface area contributed by atoms with E-state index in [-0.39, 0.29) is 19.4 Å². The molecule has 3 unspecified atom stereocenters. The first kappa shape index (κ1) is 27.9. The molecule has 0 saturated carbocycles. The molecule has 2 saturated heterocycles. The van der Waals surface area contributed by atoms with E-state index < -0.39 is 85.1 Å². The Morgan fingerprint density at radius 1 is 1.28 bits per heavy atom. The minimum absolute atomic E-state index is 0.123. The number of nitrogens with one attached hydrogen (secondary N) is 1. The maximum atomic E-state index is 14.4. The first-order valence-corrected chi connectivity index (χ1v) is 11.2. The Labute approximate surface area is 206 Å². The molecule has 0 spiro atoms. The van der Waals surface area contributed by atoms with Crippen molar-refractivity contribution >= 4 is 29.7 Å². The van der Waals surface area contributed by atoms with Gasteiger partial charge >= 0.3 is 17.7 Å². The van der Waals surface area contributed by atoms with Crippen LogP contribution in [0.25, 0.3) is 0 Å². The van der Waals surface area contributed by atoms with Gasteiger partial charge in [0.05, 0.1) is 6.04 Å². The molecule has 2 aliphatic rings. The number of esters is 1. The number of imide groups is 1. The molecule has 8 atom stereocenters. The van der Waals surface area contributed by atoms with Crippen molar-refractivity contribution in [2.45, 2.75) is 87.8 Å². The lowest BCUT2D eigenvalue weighted by Crippen LogP contribution is -2.72. The molecule has 2 aliphatic heterocycles. The third kappa shape index (κ3) is 6.94. The fourth-order valence-corrected chi connectivity index (χ4v) is 3.84. The molecule has 0 aromatic carbocycles. The maximum Gasteiger partial charge on any atom is 0.367 e. The van der Waals surface area contributed by atoms with Crippen molar-refractivity contribution in [2.24, 2.45) is 0 Å². The van der Waals surface area contributed by atoms with E-state index in [0.717, 1.165) is 11.8 Å². The molecule has 36 heavy (non-hydrogen) atoms. The predicted molar refractivity (Wildman–Crippen MR) is 113 cm³/mol. The van der Waals surface area contributed by atoms with Crippen molar-refractivity contribution in [1.82, 2.24) is 10.2 Å². The molecule has 0 aromatic heterocycles. The summed E-state index contributed by atoms with van der Waals surface area (Å²) >= 11 is 0. The fourth-order valence-electron chi connectivity index (χ4n) is 3.84. The topological polar surface area (TPSA) is 220 Å². The highest BCUT2D eigenvalue weighted by Gasteiger charge is 2.61. The zero-order chi connectivity index (χ0) is 28.1. The smallest absolute Gasteiger partial charge is 0.367 e. The third-order valence-electron chi connectivity index (χ3n) is 5.81. The molecule has 0 aliphatic carbocycles. The van der Waals surface area contributed by atoms with E-state index in [0.29, 0.717) is 19.3 Å². The van der Waals surface area contributed by atoms with Crippen LogP contribution in [0.15, 0.2) is 0 Å². The van der Waals surface area contributed by atoms with Gasteiger partial charge in [-0.15, -0.1) is 0 Å². The van der Waals surface area contributed by atoms with E-state index in [1.165, 1.54) is 0 Å². The lowest BCUT2D eigenvalue weighted by molar-refractivity contribution is -0.320. The zero-order valence-corrected chi connectivity index (χ0v) is 19.4. The molecule has 2 fully saturated rings. The number of carboxylic acids is 1. The van der Waals surface area contributed by atoms with Crippen molar-refractivity contribution in [3.8, 4) is 0 Å². The number of hydrogen-bond donors (Lipinski definition) is 6. The number of aliphatic hydroxyl groups is 4. The number of aliphatic carboxylic acids is 1. The van der Waals surface area contributed by atoms with E-state index in [4.69, 9.17) is 16.0 Å². The Balaban J connectivity index is 1.85. The molecular formula is C21H31FN2O12. The summed E-state index contributed by atoms with van der Waals surface area (Å²) in [6.07, 6.45) is -11.6. The Morgan fingerprint density at radius 2 is 1.94 bits per heavy atom. The van der Waals surface area contributed by atoms with Crippen molar-refractivity contribution in [2.75, 3.05) is 13.2 Å². The number of rotatable bonds is 12. The van der Waals surface area contributed by atoms with Crippen LogP contribution in [0.2, 0.25) is 0 Å². The number of unbranched alkanes of at least 4 members (excludes halogenated alkanes) is 2. The molecule has 3 amide bonds. The maximum absolute atomic E-state index is 14.4. The van der Waals surface area contributed by atoms with Crippen LogP contribution in [-0.4, -0.2) is 116 Å². The number of hydrogen-bond acceptors (Lipinski definition) is 11. The van der Waals surface area contributed by atoms with Crippen molar-refractivity contribution < 1.29 is 64.7 Å². The van der Waals surface area contributed by atoms with Gasteiger partial charge in [-0.3, -0.25) is 24.1 Å². The monoisotopic (exact) mass is 524 g/mol. The summed E-state index contributed by atoms with van der Waals surface area (Å²) in [6, 6.07) is -1.77. The number of carbonyl (C=O) groups excluding carboxylic acids is 4. The molecule has 204 valence electrons. The second kappa shape index (κ2) is 12.5. The number of nitrogens with zero attached hydrogens (tertiary/aromatic N) is 1. The van der Waals surface area contributed by atoms with Gasteiger partial charge in [0.25, 0.3) is 0 Å². The molecule has 0 aromatic rings. The summed E-state index contributed by atoms with van der Waals surface area (Å²) in [5.74, 6) is -8.41. The Hall–Kier alpha value is -2.72. The van der Waals surface area contributed by atoms with E-state index in [2.05, 4.69) is 5.32 Å². The number of ether oxygens (including phenoxy) is 2. The molecule has 15 heteroatoms. The Kier molecular flexibility index (Phi) is 9.67. The van der Waals surface area contributed by atoms with E-state index in [1.807, 2.05) is 0 Å². The second-order valence-electron chi connectivity index (χ2n) is 8.55. The first-order valence-electron chi connectivity index (χ1n) is 11.8. The molecule has 2 rings (SSSR count). The van der Waals surface area contributed by atoms with Gasteiger partial charge in [-0.2, -0.15) is 0 Å². The molecule has 6 N–H and O–H groups in total. The quantitative estimate of drug-likeness (QED) is 0.0875. The van der Waals surface area contributed by atoms with Crippen molar-refractivity contribution in [3.05, 3.63) is 0 Å². The lowest BCUT2D eigenvalue weighted by atomic mass is 9.87. The zero-order valence-electron chi connectivity index (χ0n) is 20.4. The predicted octanol–water partition coefficient (Wildman–Crippen LogP) is -2.66.